The molecule has 0 aromatic heterocycles. The second-order valence-electron chi connectivity index (χ2n) is 0.783. The molecule has 4 nitrogen and oxygen atoms in total. The molecule has 1 amide bonds. The number of nitrogens with two attached hydrogens (primary N) is 1. The first-order valence-electron chi connectivity index (χ1n) is 1.95. The number of hydrazine groups is 1. The van der Waals surface area contributed by atoms with Gasteiger partial charge in [0.05, 0.1) is 0 Å². The standard InChI is InChI=1S/C2H6S2.CH4N2O2.Ni/c1-3-4-2;2-3-1(4)5;/h1-2H3;3H,2H2,(H,4,5);. The molecular weight excluding hydrogens is 219 g/mol. The molecule has 4 N–H and O–H groups in total. The average molecular weight is 229 g/mol. The van der Waals surface area contributed by atoms with Crippen molar-refractivity contribution < 1.29 is 26.4 Å². The number of amides is 1. The maximum absolute atomic E-state index is 9.13. The van der Waals surface area contributed by atoms with Gasteiger partial charge in [0, 0.05) is 16.5 Å². The molecule has 0 unspecified atom stereocenters. The summed E-state index contributed by atoms with van der Waals surface area (Å²) in [6, 6.07) is 0. The van der Waals surface area contributed by atoms with Crippen molar-refractivity contribution in [1.82, 2.24) is 5.43 Å². The molecule has 0 fully saturated rings. The van der Waals surface area contributed by atoms with E-state index in [0.717, 1.165) is 0 Å². The molecule has 0 spiro atoms. The van der Waals surface area contributed by atoms with Crippen LogP contribution >= 0.6 is 21.6 Å². The minimum atomic E-state index is -1.22. The molecule has 0 aliphatic carbocycles. The van der Waals surface area contributed by atoms with Gasteiger partial charge in [0.25, 0.3) is 0 Å². The molecule has 0 aromatic carbocycles. The normalized spacial score (nSPS) is 6.30. The Morgan fingerprint density at radius 2 is 1.70 bits per heavy atom. The Labute approximate surface area is 78.0 Å². The third-order valence-electron chi connectivity index (χ3n) is 0.290. The number of hydrogen-bond donors (Lipinski definition) is 3. The maximum atomic E-state index is 9.13. The smallest absolute Gasteiger partial charge is 0.418 e. The fourth-order valence-electron chi connectivity index (χ4n) is 0. The zero-order chi connectivity index (χ0) is 7.70. The van der Waals surface area contributed by atoms with Gasteiger partial charge in [0.2, 0.25) is 0 Å². The number of hydrogen-bond acceptors (Lipinski definition) is 4. The first-order chi connectivity index (χ1) is 4.18. The second kappa shape index (κ2) is 16.2. The molecule has 0 radical (unpaired) electrons. The fourth-order valence-corrected chi connectivity index (χ4v) is 0. The quantitative estimate of drug-likeness (QED) is 0.203. The van der Waals surface area contributed by atoms with Gasteiger partial charge in [0.15, 0.2) is 0 Å². The van der Waals surface area contributed by atoms with Crippen molar-refractivity contribution in [1.29, 1.82) is 0 Å². The second-order valence-corrected chi connectivity index (χ2v) is 3.45. The molecular formula is C3H10N2NiO2S2. The predicted octanol–water partition coefficient (Wildman–Crippen LogP) is 0.753. The topological polar surface area (TPSA) is 75.3 Å². The summed E-state index contributed by atoms with van der Waals surface area (Å²) in [5, 5.41) is 7.49. The molecule has 0 aliphatic rings. The van der Waals surface area contributed by atoms with Gasteiger partial charge in [-0.2, -0.15) is 0 Å². The van der Waals surface area contributed by atoms with Gasteiger partial charge in [-0.3, -0.25) is 5.43 Å². The van der Waals surface area contributed by atoms with Gasteiger partial charge in [-0.15, -0.1) is 0 Å². The van der Waals surface area contributed by atoms with Crippen molar-refractivity contribution in [3.05, 3.63) is 0 Å². The summed E-state index contributed by atoms with van der Waals surface area (Å²) in [6.07, 6.45) is 2.90. The molecule has 0 atom stereocenters. The molecule has 0 saturated carbocycles. The molecule has 66 valence electrons. The Balaban J connectivity index is -0.0000000910. The van der Waals surface area contributed by atoms with E-state index in [-0.39, 0.29) is 16.5 Å². The number of carbonyl (C=O) groups is 1. The summed E-state index contributed by atoms with van der Waals surface area (Å²) < 4.78 is 0. The van der Waals surface area contributed by atoms with E-state index in [1.807, 2.05) is 0 Å². The predicted molar refractivity (Wildman–Crippen MR) is 42.4 cm³/mol. The number of carboxylic acid groups (broad SMARTS) is 1. The summed E-state index contributed by atoms with van der Waals surface area (Å²) in [7, 11) is 3.55. The van der Waals surface area contributed by atoms with Crippen molar-refractivity contribution in [2.75, 3.05) is 12.5 Å². The molecule has 0 rings (SSSR count). The Hall–Kier alpha value is 0.424. The van der Waals surface area contributed by atoms with Gasteiger partial charge in [-0.05, 0) is 12.5 Å². The first kappa shape index (κ1) is 16.8. The van der Waals surface area contributed by atoms with E-state index in [0.29, 0.717) is 0 Å². The Morgan fingerprint density at radius 1 is 1.50 bits per heavy atom. The molecule has 0 bridgehead atoms. The number of nitrogens with one attached hydrogen (secondary N) is 1. The third-order valence-corrected chi connectivity index (χ3v) is 1.62. The molecule has 0 aliphatic heterocycles. The van der Waals surface area contributed by atoms with Crippen LogP contribution in [0.1, 0.15) is 0 Å². The van der Waals surface area contributed by atoms with Crippen molar-refractivity contribution in [2.24, 2.45) is 5.84 Å². The summed E-state index contributed by atoms with van der Waals surface area (Å²) in [4.78, 5) is 9.13. The Morgan fingerprint density at radius 3 is 1.70 bits per heavy atom. The van der Waals surface area contributed by atoms with Crippen LogP contribution in [0, 0.1) is 0 Å². The molecule has 10 heavy (non-hydrogen) atoms. The Bertz CT molecular complexity index is 73.5. The van der Waals surface area contributed by atoms with Crippen molar-refractivity contribution in [3.8, 4) is 0 Å². The van der Waals surface area contributed by atoms with Crippen LogP contribution < -0.4 is 11.3 Å². The van der Waals surface area contributed by atoms with E-state index in [9.17, 15) is 0 Å². The zero-order valence-corrected chi connectivity index (χ0v) is 8.19. The van der Waals surface area contributed by atoms with Crippen molar-refractivity contribution in [2.45, 2.75) is 0 Å². The summed E-state index contributed by atoms with van der Waals surface area (Å²) in [5.74, 6) is 4.32. The van der Waals surface area contributed by atoms with Crippen molar-refractivity contribution >= 4 is 27.7 Å². The van der Waals surface area contributed by atoms with E-state index < -0.39 is 6.09 Å². The van der Waals surface area contributed by atoms with E-state index in [4.69, 9.17) is 9.90 Å². The summed E-state index contributed by atoms with van der Waals surface area (Å²) >= 11 is 0. The van der Waals surface area contributed by atoms with Crippen LogP contribution in [0.4, 0.5) is 4.79 Å². The number of rotatable bonds is 1. The Kier molecular flexibility index (Phi) is 27.2. The molecule has 7 heteroatoms. The van der Waals surface area contributed by atoms with Crippen LogP contribution in [0.3, 0.4) is 0 Å². The van der Waals surface area contributed by atoms with Crippen LogP contribution in [-0.2, 0) is 16.5 Å². The average Bonchev–Trinajstić information content (AvgIpc) is 1.89. The monoisotopic (exact) mass is 228 g/mol. The molecule has 0 aromatic rings. The van der Waals surface area contributed by atoms with E-state index in [1.165, 1.54) is 5.43 Å². The fraction of sp³-hybridized carbons (Fsp3) is 0.667. The summed E-state index contributed by atoms with van der Waals surface area (Å²) in [6.45, 7) is 0. The van der Waals surface area contributed by atoms with Gasteiger partial charge < -0.3 is 5.11 Å². The van der Waals surface area contributed by atoms with Crippen molar-refractivity contribution in [3.63, 3.8) is 0 Å². The van der Waals surface area contributed by atoms with Gasteiger partial charge in [-0.1, -0.05) is 21.6 Å². The van der Waals surface area contributed by atoms with Gasteiger partial charge >= 0.3 is 6.09 Å². The minimum absolute atomic E-state index is 0. The van der Waals surface area contributed by atoms with Crippen LogP contribution in [0.15, 0.2) is 0 Å². The largest absolute Gasteiger partial charge is 0.464 e. The van der Waals surface area contributed by atoms with Crippen LogP contribution in [0.5, 0.6) is 0 Å². The van der Waals surface area contributed by atoms with Crippen LogP contribution in [0.2, 0.25) is 0 Å². The summed E-state index contributed by atoms with van der Waals surface area (Å²) in [5.41, 5.74) is 1.44. The van der Waals surface area contributed by atoms with Gasteiger partial charge in [-0.25, -0.2) is 10.6 Å². The minimum Gasteiger partial charge on any atom is -0.464 e. The van der Waals surface area contributed by atoms with Gasteiger partial charge in [0.1, 0.15) is 0 Å². The van der Waals surface area contributed by atoms with E-state index >= 15 is 0 Å². The third kappa shape index (κ3) is 39.6. The van der Waals surface area contributed by atoms with E-state index in [1.54, 1.807) is 21.6 Å². The van der Waals surface area contributed by atoms with Crippen LogP contribution in [0.25, 0.3) is 0 Å². The van der Waals surface area contributed by atoms with E-state index in [2.05, 4.69) is 18.4 Å². The molecule has 0 heterocycles. The van der Waals surface area contributed by atoms with Crippen LogP contribution in [-0.4, -0.2) is 23.7 Å². The molecule has 0 saturated heterocycles. The maximum Gasteiger partial charge on any atom is 0.418 e. The first-order valence-corrected chi connectivity index (χ1v) is 4.92. The SMILES string of the molecule is CSSC.NNC(=O)O.[Ni]. The zero-order valence-electron chi connectivity index (χ0n) is 5.57.